The van der Waals surface area contributed by atoms with Crippen molar-refractivity contribution in [2.24, 2.45) is 0 Å². The van der Waals surface area contributed by atoms with E-state index in [9.17, 15) is 112 Å². The molecule has 42 nitrogen and oxygen atoms in total. The van der Waals surface area contributed by atoms with Crippen molar-refractivity contribution >= 4 is 119 Å². The molecule has 0 aliphatic carbocycles. The molecule has 0 aromatic rings. The first kappa shape index (κ1) is 84.5. The van der Waals surface area contributed by atoms with Crippen LogP contribution in [0.1, 0.15) is 109 Å². The molecule has 14 N–H and O–H groups in total. The van der Waals surface area contributed by atoms with Crippen molar-refractivity contribution in [3.8, 4) is 0 Å². The number of aliphatic hydroxyl groups excluding tert-OH is 5. The topological polar surface area (TPSA) is 557 Å². The maximum absolute atomic E-state index is 14.3. The molecule has 0 spiro atoms. The van der Waals surface area contributed by atoms with Gasteiger partial charge in [0.1, 0.15) is 73.0 Å². The summed E-state index contributed by atoms with van der Waals surface area (Å²) in [6.07, 6.45) is -2.31. The van der Waals surface area contributed by atoms with Gasteiger partial charge in [-0.25, -0.2) is 0 Å². The fourth-order valence-electron chi connectivity index (χ4n) is 17.7. The lowest BCUT2D eigenvalue weighted by Gasteiger charge is -2.32. The zero-order chi connectivity index (χ0) is 81.4. The van der Waals surface area contributed by atoms with E-state index in [0.717, 1.165) is 26.0 Å². The average Bonchev–Trinajstić information content (AvgIpc) is 1.67. The van der Waals surface area contributed by atoms with Crippen molar-refractivity contribution in [1.82, 2.24) is 91.5 Å². The molecule has 11 aliphatic heterocycles. The van der Waals surface area contributed by atoms with Gasteiger partial charge in [0.05, 0.1) is 69.3 Å². The van der Waals surface area contributed by atoms with Crippen LogP contribution < -0.4 is 42.5 Å². The summed E-state index contributed by atoms with van der Waals surface area (Å²) >= 11 is 4.26. The van der Waals surface area contributed by atoms with E-state index in [1.807, 2.05) is 0 Å². The highest BCUT2D eigenvalue weighted by molar-refractivity contribution is 7.80. The lowest BCUT2D eigenvalue weighted by Crippen LogP contribution is -2.57. The molecule has 0 saturated carbocycles. The lowest BCUT2D eigenvalue weighted by molar-refractivity contribution is -0.148. The Bertz CT molecular complexity index is 3720. The van der Waals surface area contributed by atoms with Gasteiger partial charge in [0.2, 0.25) is 100 Å². The number of carboxylic acid groups (broad SMARTS) is 1. The van der Waals surface area contributed by atoms with Crippen LogP contribution in [0.5, 0.6) is 0 Å². The molecule has 11 heterocycles. The summed E-state index contributed by atoms with van der Waals surface area (Å²) in [6.45, 7) is -3.85. The number of rotatable bonds is 26. The molecule has 0 unspecified atom stereocenters. The maximum atomic E-state index is 14.3. The summed E-state index contributed by atoms with van der Waals surface area (Å²) in [6, 6.07) is -13.4. The number of likely N-dealkylation sites (tertiary alicyclic amines) is 10. The molecular weight excluding hydrogens is 1510 g/mol. The molecule has 0 radical (unpaired) electrons. The molecule has 11 fully saturated rings. The highest BCUT2D eigenvalue weighted by Gasteiger charge is 2.52. The summed E-state index contributed by atoms with van der Waals surface area (Å²) in [5.74, 6) is -13.4. The minimum atomic E-state index is -1.35. The third-order valence-corrected chi connectivity index (χ3v) is 23.7. The number of nitrogens with one attached hydrogen (secondary N) is 8. The Morgan fingerprint density at radius 1 is 0.319 bits per heavy atom. The maximum Gasteiger partial charge on any atom is 0.322 e. The van der Waals surface area contributed by atoms with Gasteiger partial charge in [-0.15, -0.1) is 0 Å². The van der Waals surface area contributed by atoms with Crippen LogP contribution in [-0.2, 0) is 86.3 Å². The van der Waals surface area contributed by atoms with Crippen LogP contribution in [0.25, 0.3) is 0 Å². The van der Waals surface area contributed by atoms with E-state index in [4.69, 9.17) is 5.11 Å². The Labute approximate surface area is 654 Å². The number of amides is 17. The van der Waals surface area contributed by atoms with Gasteiger partial charge in [-0.3, -0.25) is 86.3 Å². The number of hydrogen-bond donors (Lipinski definition) is 15. The number of carboxylic acids is 1. The largest absolute Gasteiger partial charge is 0.480 e. The normalized spacial score (nSPS) is 29.7. The quantitative estimate of drug-likeness (QED) is 0.0358. The number of carbonyl (C=O) groups excluding carboxylic acids is 17. The van der Waals surface area contributed by atoms with Crippen molar-refractivity contribution in [2.45, 2.75) is 212 Å². The first-order chi connectivity index (χ1) is 53.9. The molecule has 11 aliphatic rings. The molecule has 11 rings (SSSR count). The van der Waals surface area contributed by atoms with Crippen LogP contribution >= 0.6 is 12.6 Å². The molecule has 0 bridgehead atoms. The molecule has 17 atom stereocenters. The summed E-state index contributed by atoms with van der Waals surface area (Å²) in [5, 5.41) is 82.5. The van der Waals surface area contributed by atoms with Crippen LogP contribution in [0.15, 0.2) is 0 Å². The Hall–Kier alpha value is -9.43. The Morgan fingerprint density at radius 3 is 0.858 bits per heavy atom. The smallest absolute Gasteiger partial charge is 0.322 e. The minimum Gasteiger partial charge on any atom is -0.480 e. The number of aliphatic carboxylic acids is 1. The standard InChI is InChI=1S/C70H102N18O24S/c89-36-19-48(84(30-36)66(108)41-7-1-13-71-41)60(102)74-26-55(96)81-16-4-10-45(81)68(110)85-31-37(90)20-49(85)61(103)73-25-53(94)79-14-2-8-43(79)65(107)78-42(35-113)59(101)72-24-54(95)80-15-3-9-44(80)67(109)86-32-38(91)21-50(86)62(104)75-27-56(97)82-17-5-11-46(82)69(111)87-33-39(92)22-51(87)63(105)76-28-57(98)83-18-6-12-47(83)70(112)88-34-40(93)23-52(88)64(106)77-29-58(99)100/h36-52,71,89-93,113H,1-35H2,(H,72,101)(H,73,103)(H,74,102)(H,75,104)(H,76,105)(H,77,106)(H,78,107)(H,99,100)/t36-,37-,38-,39-,40-,41+,42+,43+,44+,45+,46+,47+,48+,49+,50+,51+,52+/m1/s1. The van der Waals surface area contributed by atoms with Crippen LogP contribution in [0.4, 0.5) is 0 Å². The van der Waals surface area contributed by atoms with Crippen molar-refractivity contribution < 1.29 is 117 Å². The number of carbonyl (C=O) groups is 18. The molecule has 43 heteroatoms. The number of nitrogens with zero attached hydrogens (tertiary/aromatic N) is 10. The Kier molecular flexibility index (Phi) is 27.8. The van der Waals surface area contributed by atoms with Gasteiger partial charge in [-0.1, -0.05) is 0 Å². The molecule has 0 aromatic heterocycles. The molecule has 11 saturated heterocycles. The average molecular weight is 1610 g/mol. The van der Waals surface area contributed by atoms with Crippen LogP contribution in [0, 0.1) is 0 Å². The molecule has 0 aromatic carbocycles. The van der Waals surface area contributed by atoms with Crippen molar-refractivity contribution in [3.05, 3.63) is 0 Å². The first-order valence-corrected chi connectivity index (χ1v) is 39.5. The second kappa shape index (κ2) is 37.2. The minimum absolute atomic E-state index is 0.0175. The highest BCUT2D eigenvalue weighted by Crippen LogP contribution is 2.32. The third-order valence-electron chi connectivity index (χ3n) is 23.3. The fraction of sp³-hybridized carbons (Fsp3) is 0.743. The van der Waals surface area contributed by atoms with Crippen LogP contribution in [0.3, 0.4) is 0 Å². The van der Waals surface area contributed by atoms with Gasteiger partial charge in [0.25, 0.3) is 0 Å². The summed E-state index contributed by atoms with van der Waals surface area (Å²) < 4.78 is 0. The predicted octanol–water partition coefficient (Wildman–Crippen LogP) is -11.3. The van der Waals surface area contributed by atoms with Gasteiger partial charge < -0.3 is 122 Å². The van der Waals surface area contributed by atoms with Crippen molar-refractivity contribution in [2.75, 3.05) is 117 Å². The van der Waals surface area contributed by atoms with Gasteiger partial charge in [0, 0.05) is 103 Å². The molecular formula is C70H102N18O24S. The van der Waals surface area contributed by atoms with Crippen LogP contribution in [0.2, 0.25) is 0 Å². The van der Waals surface area contributed by atoms with E-state index < -0.39 is 243 Å². The second-order valence-electron chi connectivity index (χ2n) is 30.8. The number of thiol groups is 1. The van der Waals surface area contributed by atoms with E-state index in [1.165, 1.54) is 29.4 Å². The second-order valence-corrected chi connectivity index (χ2v) is 31.2. The highest BCUT2D eigenvalue weighted by atomic mass is 32.1. The van der Waals surface area contributed by atoms with Gasteiger partial charge in [-0.05, 0) is 83.6 Å². The van der Waals surface area contributed by atoms with E-state index in [0.29, 0.717) is 45.1 Å². The monoisotopic (exact) mass is 1610 g/mol. The number of β-amino-alcohol motifs (C(OH)–C–C–N with tert-alkyl or cyclic N) is 5. The number of hydrogen-bond acceptors (Lipinski definition) is 25. The fourth-order valence-corrected chi connectivity index (χ4v) is 17.9. The summed E-state index contributed by atoms with van der Waals surface area (Å²) in [7, 11) is 0. The van der Waals surface area contributed by atoms with Gasteiger partial charge in [-0.2, -0.15) is 12.6 Å². The summed E-state index contributed by atoms with van der Waals surface area (Å²) in [4.78, 5) is 257. The van der Waals surface area contributed by atoms with E-state index in [-0.39, 0.29) is 141 Å². The van der Waals surface area contributed by atoms with E-state index in [2.05, 4.69) is 55.2 Å². The molecule has 17 amide bonds. The summed E-state index contributed by atoms with van der Waals surface area (Å²) in [5.41, 5.74) is 0. The van der Waals surface area contributed by atoms with Crippen molar-refractivity contribution in [1.29, 1.82) is 0 Å². The zero-order valence-corrected chi connectivity index (χ0v) is 63.4. The van der Waals surface area contributed by atoms with Crippen LogP contribution in [-0.4, -0.2) is 406 Å². The SMILES string of the molecule is O=C(O)CNC(=O)[C@@H]1C[C@@H](O)CN1C(=O)[C@@H]1CCCN1C(=O)CNC(=O)[C@@H]1C[C@@H](O)CN1C(=O)[C@@H]1CCCN1C(=O)CNC(=O)[C@@H]1C[C@@H](O)CN1C(=O)[C@@H]1CCCN1C(=O)CNC(=O)[C@H](CS)NC(=O)[C@@H]1CCCN1C(=O)CNC(=O)[C@@H]1C[C@@H](O)CN1C(=O)[C@@H]1CCCN1C(=O)CNC(=O)[C@@H]1C[C@@H](O)CN1C(=O)[C@@H]1CCCN1. The zero-order valence-electron chi connectivity index (χ0n) is 62.5. The molecule has 622 valence electrons. The Balaban J connectivity index is 0.605. The molecule has 113 heavy (non-hydrogen) atoms. The van der Waals surface area contributed by atoms with Crippen molar-refractivity contribution in [3.63, 3.8) is 0 Å². The predicted molar refractivity (Wildman–Crippen MR) is 387 cm³/mol. The van der Waals surface area contributed by atoms with Gasteiger partial charge in [0.15, 0.2) is 0 Å². The lowest BCUT2D eigenvalue weighted by atomic mass is 10.1. The van der Waals surface area contributed by atoms with Gasteiger partial charge >= 0.3 is 5.97 Å². The number of aliphatic hydroxyl groups is 5. The Morgan fingerprint density at radius 2 is 0.584 bits per heavy atom. The van der Waals surface area contributed by atoms with E-state index in [1.54, 1.807) is 0 Å². The third kappa shape index (κ3) is 19.3. The van der Waals surface area contributed by atoms with E-state index >= 15 is 0 Å². The first-order valence-electron chi connectivity index (χ1n) is 38.9.